The van der Waals surface area contributed by atoms with Crippen LogP contribution in [0.3, 0.4) is 0 Å². The molecule has 0 atom stereocenters. The number of halogens is 1. The van der Waals surface area contributed by atoms with Crippen molar-refractivity contribution in [1.82, 2.24) is 0 Å². The Labute approximate surface area is 99.0 Å². The third kappa shape index (κ3) is 2.12. The summed E-state index contributed by atoms with van der Waals surface area (Å²) < 4.78 is 0.465. The quantitative estimate of drug-likeness (QED) is 0.363. The van der Waals surface area contributed by atoms with Gasteiger partial charge in [0.1, 0.15) is 11.6 Å². The highest BCUT2D eigenvalue weighted by Crippen LogP contribution is 2.27. The van der Waals surface area contributed by atoms with Gasteiger partial charge < -0.3 is 0 Å². The molecule has 1 aromatic rings. The van der Waals surface area contributed by atoms with Crippen LogP contribution in [-0.4, -0.2) is 10.7 Å². The molecule has 1 aromatic carbocycles. The molecule has 0 aliphatic carbocycles. The molecule has 0 fully saturated rings. The van der Waals surface area contributed by atoms with Crippen LogP contribution in [0.2, 0.25) is 0 Å². The summed E-state index contributed by atoms with van der Waals surface area (Å²) in [5.41, 5.74) is -0.498. The molecule has 0 N–H and O–H groups in total. The standard InChI is InChI=1S/C9H5IN2O3/c1-5(13)6-2-3-8(10)7(4-11)9(6)12(14)15/h2-3H,1H3. The van der Waals surface area contributed by atoms with Gasteiger partial charge in [0.15, 0.2) is 5.78 Å². The van der Waals surface area contributed by atoms with E-state index in [4.69, 9.17) is 5.26 Å². The smallest absolute Gasteiger partial charge is 0.294 e. The SMILES string of the molecule is CC(=O)c1ccc(I)c(C#N)c1[N+](=O)[O-]. The van der Waals surface area contributed by atoms with Crippen molar-refractivity contribution in [1.29, 1.82) is 5.26 Å². The van der Waals surface area contributed by atoms with Crippen LogP contribution >= 0.6 is 22.6 Å². The lowest BCUT2D eigenvalue weighted by molar-refractivity contribution is -0.385. The Balaban J connectivity index is 3.66. The minimum atomic E-state index is -0.697. The number of carbonyl (C=O) groups is 1. The fourth-order valence-electron chi connectivity index (χ4n) is 1.15. The molecule has 0 radical (unpaired) electrons. The molecule has 5 nitrogen and oxygen atoms in total. The van der Waals surface area contributed by atoms with E-state index < -0.39 is 16.4 Å². The second-order valence-corrected chi connectivity index (χ2v) is 3.91. The fraction of sp³-hybridized carbons (Fsp3) is 0.111. The summed E-state index contributed by atoms with van der Waals surface area (Å²) in [5.74, 6) is -0.422. The summed E-state index contributed by atoms with van der Waals surface area (Å²) in [6.07, 6.45) is 0. The Hall–Kier alpha value is -1.49. The van der Waals surface area contributed by atoms with E-state index in [9.17, 15) is 14.9 Å². The second kappa shape index (κ2) is 4.35. The van der Waals surface area contributed by atoms with Crippen LogP contribution in [0.4, 0.5) is 5.69 Å². The van der Waals surface area contributed by atoms with Crippen molar-refractivity contribution in [3.63, 3.8) is 0 Å². The minimum Gasteiger partial charge on any atom is -0.294 e. The molecule has 0 amide bonds. The highest BCUT2D eigenvalue weighted by atomic mass is 127. The third-order valence-corrected chi connectivity index (χ3v) is 2.70. The van der Waals surface area contributed by atoms with E-state index in [1.165, 1.54) is 19.1 Å². The zero-order chi connectivity index (χ0) is 11.6. The first-order valence-corrected chi connectivity index (χ1v) is 4.94. The molecule has 0 aliphatic heterocycles. The highest BCUT2D eigenvalue weighted by Gasteiger charge is 2.24. The number of benzene rings is 1. The van der Waals surface area contributed by atoms with Crippen LogP contribution in [-0.2, 0) is 0 Å². The van der Waals surface area contributed by atoms with Gasteiger partial charge in [-0.25, -0.2) is 0 Å². The van der Waals surface area contributed by atoms with Crippen LogP contribution in [0.15, 0.2) is 12.1 Å². The van der Waals surface area contributed by atoms with Gasteiger partial charge in [-0.2, -0.15) is 5.26 Å². The van der Waals surface area contributed by atoms with Gasteiger partial charge in [0, 0.05) is 3.57 Å². The van der Waals surface area contributed by atoms with Gasteiger partial charge in [-0.3, -0.25) is 14.9 Å². The predicted octanol–water partition coefficient (Wildman–Crippen LogP) is 2.27. The molecule has 1 rings (SSSR count). The molecule has 0 aliphatic rings. The van der Waals surface area contributed by atoms with Crippen molar-refractivity contribution >= 4 is 34.1 Å². The summed E-state index contributed by atoms with van der Waals surface area (Å²) in [6, 6.07) is 4.62. The Kier molecular flexibility index (Phi) is 3.36. The Morgan fingerprint density at radius 3 is 2.60 bits per heavy atom. The number of rotatable bonds is 2. The first kappa shape index (κ1) is 11.6. The molecule has 0 aromatic heterocycles. The molecule has 6 heteroatoms. The zero-order valence-electron chi connectivity index (χ0n) is 7.65. The first-order chi connectivity index (χ1) is 6.99. The number of nitro groups is 1. The monoisotopic (exact) mass is 316 g/mol. The number of ketones is 1. The molecule has 76 valence electrons. The summed E-state index contributed by atoms with van der Waals surface area (Å²) in [6.45, 7) is 1.23. The van der Waals surface area contributed by atoms with E-state index >= 15 is 0 Å². The predicted molar refractivity (Wildman–Crippen MR) is 60.5 cm³/mol. The van der Waals surface area contributed by atoms with E-state index in [2.05, 4.69) is 0 Å². The molecule has 0 bridgehead atoms. The number of hydrogen-bond donors (Lipinski definition) is 0. The molecular formula is C9H5IN2O3. The lowest BCUT2D eigenvalue weighted by Gasteiger charge is -2.02. The number of carbonyl (C=O) groups excluding carboxylic acids is 1. The van der Waals surface area contributed by atoms with E-state index in [1.54, 1.807) is 6.07 Å². The normalized spacial score (nSPS) is 9.40. The third-order valence-electron chi connectivity index (χ3n) is 1.80. The maximum Gasteiger partial charge on any atom is 0.298 e. The van der Waals surface area contributed by atoms with Gasteiger partial charge >= 0.3 is 0 Å². The summed E-state index contributed by atoms with van der Waals surface area (Å²) >= 11 is 1.82. The number of nitriles is 1. The lowest BCUT2D eigenvalue weighted by Crippen LogP contribution is -2.03. The van der Waals surface area contributed by atoms with E-state index in [0.717, 1.165) is 0 Å². The van der Waals surface area contributed by atoms with Crippen LogP contribution in [0, 0.1) is 25.0 Å². The van der Waals surface area contributed by atoms with Crippen LogP contribution in [0.25, 0.3) is 0 Å². The van der Waals surface area contributed by atoms with E-state index in [-0.39, 0.29) is 11.1 Å². The Morgan fingerprint density at radius 1 is 1.60 bits per heavy atom. The maximum atomic E-state index is 11.1. The van der Waals surface area contributed by atoms with Crippen molar-refractivity contribution in [2.45, 2.75) is 6.92 Å². The van der Waals surface area contributed by atoms with Gasteiger partial charge in [-0.15, -0.1) is 0 Å². The molecule has 0 unspecified atom stereocenters. The van der Waals surface area contributed by atoms with Crippen molar-refractivity contribution < 1.29 is 9.72 Å². The fourth-order valence-corrected chi connectivity index (χ4v) is 1.70. The zero-order valence-corrected chi connectivity index (χ0v) is 9.81. The van der Waals surface area contributed by atoms with Crippen molar-refractivity contribution in [3.8, 4) is 6.07 Å². The Bertz CT molecular complexity index is 491. The van der Waals surface area contributed by atoms with Gasteiger partial charge in [0.25, 0.3) is 5.69 Å². The van der Waals surface area contributed by atoms with Crippen molar-refractivity contribution in [3.05, 3.63) is 36.9 Å². The molecule has 0 saturated heterocycles. The Morgan fingerprint density at radius 2 is 2.20 bits per heavy atom. The van der Waals surface area contributed by atoms with Crippen LogP contribution in [0.5, 0.6) is 0 Å². The molecule has 0 saturated carbocycles. The van der Waals surface area contributed by atoms with Crippen molar-refractivity contribution in [2.75, 3.05) is 0 Å². The molecule has 0 spiro atoms. The first-order valence-electron chi connectivity index (χ1n) is 3.87. The van der Waals surface area contributed by atoms with Gasteiger partial charge in [-0.05, 0) is 41.6 Å². The average Bonchev–Trinajstić information content (AvgIpc) is 2.16. The summed E-state index contributed by atoms with van der Waals surface area (Å²) in [5, 5.41) is 19.5. The number of nitro benzene ring substituents is 1. The number of nitrogens with zero attached hydrogens (tertiary/aromatic N) is 2. The molecule has 0 heterocycles. The number of hydrogen-bond acceptors (Lipinski definition) is 4. The molecular weight excluding hydrogens is 311 g/mol. The largest absolute Gasteiger partial charge is 0.298 e. The maximum absolute atomic E-state index is 11.1. The van der Waals surface area contributed by atoms with Crippen LogP contribution in [0.1, 0.15) is 22.8 Å². The topological polar surface area (TPSA) is 84.0 Å². The van der Waals surface area contributed by atoms with E-state index in [0.29, 0.717) is 3.57 Å². The van der Waals surface area contributed by atoms with Gasteiger partial charge in [0.05, 0.1) is 10.5 Å². The highest BCUT2D eigenvalue weighted by molar-refractivity contribution is 14.1. The summed E-state index contributed by atoms with van der Waals surface area (Å²) in [7, 11) is 0. The van der Waals surface area contributed by atoms with Gasteiger partial charge in [-0.1, -0.05) is 0 Å². The molecule has 15 heavy (non-hydrogen) atoms. The van der Waals surface area contributed by atoms with Gasteiger partial charge in [0.2, 0.25) is 0 Å². The summed E-state index contributed by atoms with van der Waals surface area (Å²) in [4.78, 5) is 21.2. The minimum absolute atomic E-state index is 0.0306. The lowest BCUT2D eigenvalue weighted by atomic mass is 10.1. The van der Waals surface area contributed by atoms with Crippen LogP contribution < -0.4 is 0 Å². The van der Waals surface area contributed by atoms with E-state index in [1.807, 2.05) is 22.6 Å². The number of Topliss-reactive ketones (excluding diaryl/α,β-unsaturated/α-hetero) is 1. The second-order valence-electron chi connectivity index (χ2n) is 2.74. The average molecular weight is 316 g/mol. The van der Waals surface area contributed by atoms with Crippen molar-refractivity contribution in [2.24, 2.45) is 0 Å².